The van der Waals surface area contributed by atoms with Crippen molar-refractivity contribution in [2.45, 2.75) is 322 Å². The lowest BCUT2D eigenvalue weighted by Gasteiger charge is -2.18. The van der Waals surface area contributed by atoms with Gasteiger partial charge in [0.1, 0.15) is 13.2 Å². The highest BCUT2D eigenvalue weighted by Crippen LogP contribution is 2.16. The Morgan fingerprint density at radius 2 is 0.494 bits per heavy atom. The van der Waals surface area contributed by atoms with Gasteiger partial charge in [-0.05, 0) is 128 Å². The first-order valence-electron chi connectivity index (χ1n) is 33.4. The number of hydrogen-bond acceptors (Lipinski definition) is 6. The summed E-state index contributed by atoms with van der Waals surface area (Å²) in [7, 11) is 0. The van der Waals surface area contributed by atoms with E-state index in [1.165, 1.54) is 135 Å². The van der Waals surface area contributed by atoms with E-state index in [-0.39, 0.29) is 31.1 Å². The number of allylic oxidation sites excluding steroid dienone is 18. The largest absolute Gasteiger partial charge is 0.462 e. The summed E-state index contributed by atoms with van der Waals surface area (Å²) in [4.78, 5) is 38.4. The van der Waals surface area contributed by atoms with Crippen molar-refractivity contribution in [3.8, 4) is 0 Å². The molecule has 6 nitrogen and oxygen atoms in total. The van der Waals surface area contributed by atoms with Crippen LogP contribution in [0.25, 0.3) is 0 Å². The second-order valence-corrected chi connectivity index (χ2v) is 22.0. The topological polar surface area (TPSA) is 78.9 Å². The minimum Gasteiger partial charge on any atom is -0.462 e. The number of hydrogen-bond donors (Lipinski definition) is 0. The molecule has 0 N–H and O–H groups in total. The van der Waals surface area contributed by atoms with Gasteiger partial charge in [0.25, 0.3) is 0 Å². The molecule has 0 spiro atoms. The summed E-state index contributed by atoms with van der Waals surface area (Å²) in [5, 5.41) is 0. The summed E-state index contributed by atoms with van der Waals surface area (Å²) < 4.78 is 16.9. The fourth-order valence-electron chi connectivity index (χ4n) is 9.24. The average Bonchev–Trinajstić information content (AvgIpc) is 3.45. The molecule has 0 aromatic rings. The third-order valence-corrected chi connectivity index (χ3v) is 14.2. The Bertz CT molecular complexity index is 1590. The van der Waals surface area contributed by atoms with Crippen LogP contribution in [0.4, 0.5) is 0 Å². The molecular formula is C73H124O6. The standard InChI is InChI=1S/C73H124O6/c1-4-7-10-13-16-19-22-25-28-31-32-33-34-35-36-37-38-39-40-41-42-43-46-48-51-54-57-60-63-66-72(75)78-69-70(79-73(76)67-64-61-58-55-52-49-45-30-27-24-21-18-15-12-9-6-3)68-77-71(74)65-62-59-56-53-50-47-44-29-26-23-20-17-14-11-8-5-2/h7,10,16,19-21,23-25,28-30,32-33,35-36,44-45,70H,4-6,8-9,11-15,17-18,22,26-27,31,34,37-43,46-69H2,1-3H3/b10-7-,19-16-,23-20-,24-21-,28-25-,33-32-,36-35-,44-29-,45-30-. The van der Waals surface area contributed by atoms with Gasteiger partial charge in [0, 0.05) is 19.3 Å². The summed E-state index contributed by atoms with van der Waals surface area (Å²) in [5.74, 6) is -0.908. The third-order valence-electron chi connectivity index (χ3n) is 14.2. The van der Waals surface area contributed by atoms with Crippen molar-refractivity contribution >= 4 is 17.9 Å². The lowest BCUT2D eigenvalue weighted by molar-refractivity contribution is -0.167. The van der Waals surface area contributed by atoms with Crippen LogP contribution in [-0.2, 0) is 28.6 Å². The molecule has 0 aromatic heterocycles. The quantitative estimate of drug-likeness (QED) is 0.0261. The first kappa shape index (κ1) is 75.1. The minimum atomic E-state index is -0.794. The lowest BCUT2D eigenvalue weighted by atomic mass is 10.0. The van der Waals surface area contributed by atoms with Crippen molar-refractivity contribution < 1.29 is 28.6 Å². The van der Waals surface area contributed by atoms with Crippen LogP contribution < -0.4 is 0 Å². The highest BCUT2D eigenvalue weighted by Gasteiger charge is 2.19. The van der Waals surface area contributed by atoms with Crippen molar-refractivity contribution in [2.75, 3.05) is 13.2 Å². The van der Waals surface area contributed by atoms with Crippen LogP contribution >= 0.6 is 0 Å². The van der Waals surface area contributed by atoms with Crippen LogP contribution in [0.3, 0.4) is 0 Å². The second-order valence-electron chi connectivity index (χ2n) is 22.0. The molecule has 0 saturated carbocycles. The van der Waals surface area contributed by atoms with E-state index in [9.17, 15) is 14.4 Å². The van der Waals surface area contributed by atoms with Gasteiger partial charge in [0.15, 0.2) is 6.10 Å². The summed E-state index contributed by atoms with van der Waals surface area (Å²) in [6.45, 7) is 6.49. The van der Waals surface area contributed by atoms with Gasteiger partial charge in [0.05, 0.1) is 0 Å². The molecule has 0 bridgehead atoms. The van der Waals surface area contributed by atoms with Crippen molar-refractivity contribution in [2.24, 2.45) is 0 Å². The number of unbranched alkanes of at least 4 members (excludes halogenated alkanes) is 31. The Balaban J connectivity index is 4.31. The van der Waals surface area contributed by atoms with E-state index in [0.717, 1.165) is 141 Å². The highest BCUT2D eigenvalue weighted by molar-refractivity contribution is 5.71. The van der Waals surface area contributed by atoms with E-state index in [4.69, 9.17) is 14.2 Å². The van der Waals surface area contributed by atoms with Crippen LogP contribution in [0.5, 0.6) is 0 Å². The summed E-state index contributed by atoms with van der Waals surface area (Å²) in [5.41, 5.74) is 0. The van der Waals surface area contributed by atoms with Crippen LogP contribution in [0.1, 0.15) is 316 Å². The number of esters is 3. The van der Waals surface area contributed by atoms with E-state index in [1.807, 2.05) is 0 Å². The van der Waals surface area contributed by atoms with Gasteiger partial charge in [-0.25, -0.2) is 0 Å². The summed E-state index contributed by atoms with van der Waals surface area (Å²) >= 11 is 0. The molecule has 0 amide bonds. The Morgan fingerprint density at radius 3 is 0.772 bits per heavy atom. The van der Waals surface area contributed by atoms with Gasteiger partial charge in [-0.1, -0.05) is 278 Å². The van der Waals surface area contributed by atoms with Crippen LogP contribution in [0, 0.1) is 0 Å². The molecule has 0 radical (unpaired) electrons. The fraction of sp³-hybridized carbons (Fsp3) is 0.712. The maximum absolute atomic E-state index is 12.9. The molecule has 0 aliphatic rings. The second kappa shape index (κ2) is 66.6. The third kappa shape index (κ3) is 64.8. The molecule has 0 fully saturated rings. The molecule has 6 heteroatoms. The zero-order chi connectivity index (χ0) is 57.1. The normalized spacial score (nSPS) is 12.8. The van der Waals surface area contributed by atoms with Gasteiger partial charge in [-0.15, -0.1) is 0 Å². The van der Waals surface area contributed by atoms with Gasteiger partial charge in [-0.2, -0.15) is 0 Å². The van der Waals surface area contributed by atoms with Crippen molar-refractivity contribution in [3.05, 3.63) is 109 Å². The Morgan fingerprint density at radius 1 is 0.266 bits per heavy atom. The molecule has 1 atom stereocenters. The van der Waals surface area contributed by atoms with E-state index in [1.54, 1.807) is 0 Å². The zero-order valence-corrected chi connectivity index (χ0v) is 51.9. The van der Waals surface area contributed by atoms with Crippen molar-refractivity contribution in [1.29, 1.82) is 0 Å². The monoisotopic (exact) mass is 1100 g/mol. The van der Waals surface area contributed by atoms with E-state index >= 15 is 0 Å². The molecule has 0 aromatic carbocycles. The van der Waals surface area contributed by atoms with Crippen molar-refractivity contribution in [1.82, 2.24) is 0 Å². The molecule has 0 saturated heterocycles. The fourth-order valence-corrected chi connectivity index (χ4v) is 9.24. The SMILES string of the molecule is CC/C=C\C/C=C\C/C=C\C/C=C\C/C=C\CCCCCCCCCCCCCCCC(=O)OCC(COC(=O)CCCCCCC/C=C\C/C=C\CCCCCC)OC(=O)CCCCCCC/C=C\C/C=C\CCCCCC. The summed E-state index contributed by atoms with van der Waals surface area (Å²) in [6, 6.07) is 0. The summed E-state index contributed by atoms with van der Waals surface area (Å²) in [6.07, 6.45) is 91.0. The molecule has 0 heterocycles. The average molecular weight is 1100 g/mol. The first-order chi connectivity index (χ1) is 39.0. The number of ether oxygens (including phenoxy) is 3. The lowest BCUT2D eigenvalue weighted by Crippen LogP contribution is -2.30. The number of rotatable bonds is 60. The van der Waals surface area contributed by atoms with E-state index in [2.05, 4.69) is 130 Å². The number of carbonyl (C=O) groups is 3. The van der Waals surface area contributed by atoms with E-state index in [0.29, 0.717) is 19.3 Å². The maximum atomic E-state index is 12.9. The molecule has 79 heavy (non-hydrogen) atoms. The van der Waals surface area contributed by atoms with Crippen LogP contribution in [0.15, 0.2) is 109 Å². The highest BCUT2D eigenvalue weighted by atomic mass is 16.6. The predicted octanol–water partition coefficient (Wildman–Crippen LogP) is 23.0. The smallest absolute Gasteiger partial charge is 0.306 e. The minimum absolute atomic E-state index is 0.0883. The van der Waals surface area contributed by atoms with Crippen LogP contribution in [-0.4, -0.2) is 37.2 Å². The van der Waals surface area contributed by atoms with Gasteiger partial charge < -0.3 is 14.2 Å². The van der Waals surface area contributed by atoms with Crippen molar-refractivity contribution in [3.63, 3.8) is 0 Å². The Hall–Kier alpha value is -3.93. The molecule has 452 valence electrons. The van der Waals surface area contributed by atoms with Gasteiger partial charge >= 0.3 is 17.9 Å². The Kier molecular flexibility index (Phi) is 63.3. The van der Waals surface area contributed by atoms with Crippen LogP contribution in [0.2, 0.25) is 0 Å². The first-order valence-corrected chi connectivity index (χ1v) is 33.4. The molecule has 0 aliphatic carbocycles. The maximum Gasteiger partial charge on any atom is 0.306 e. The zero-order valence-electron chi connectivity index (χ0n) is 51.9. The van der Waals surface area contributed by atoms with E-state index < -0.39 is 6.10 Å². The molecule has 0 aliphatic heterocycles. The van der Waals surface area contributed by atoms with Gasteiger partial charge in [-0.3, -0.25) is 14.4 Å². The molecule has 0 rings (SSSR count). The van der Waals surface area contributed by atoms with Gasteiger partial charge in [0.2, 0.25) is 0 Å². The predicted molar refractivity (Wildman–Crippen MR) is 343 cm³/mol. The Labute approximate surface area is 489 Å². The molecular weight excluding hydrogens is 973 g/mol. The number of carbonyl (C=O) groups excluding carboxylic acids is 3. The molecule has 1 unspecified atom stereocenters.